The molecule has 2 heterocycles. The Morgan fingerprint density at radius 2 is 2.47 bits per heavy atom. The van der Waals surface area contributed by atoms with Crippen LogP contribution in [0.2, 0.25) is 0 Å². The van der Waals surface area contributed by atoms with Crippen LogP contribution in [-0.2, 0) is 4.74 Å². The van der Waals surface area contributed by atoms with Crippen LogP contribution in [0.4, 0.5) is 0 Å². The summed E-state index contributed by atoms with van der Waals surface area (Å²) in [5.74, 6) is 0. The molecule has 94 valence electrons. The van der Waals surface area contributed by atoms with Crippen molar-refractivity contribution in [3.05, 3.63) is 22.9 Å². The molecule has 1 aliphatic heterocycles. The molecule has 0 amide bonds. The van der Waals surface area contributed by atoms with Gasteiger partial charge in [-0.1, -0.05) is 0 Å². The van der Waals surface area contributed by atoms with Crippen molar-refractivity contribution in [1.29, 1.82) is 0 Å². The first kappa shape index (κ1) is 12.6. The average molecular weight is 258 g/mol. The molecule has 0 saturated carbocycles. The van der Waals surface area contributed by atoms with Crippen LogP contribution in [0.1, 0.15) is 12.6 Å². The van der Waals surface area contributed by atoms with Gasteiger partial charge in [0.25, 0.3) is 0 Å². The largest absolute Gasteiger partial charge is 0.394 e. The van der Waals surface area contributed by atoms with Crippen LogP contribution in [0, 0.1) is 0 Å². The van der Waals surface area contributed by atoms with Crippen LogP contribution >= 0.6 is 11.8 Å². The van der Waals surface area contributed by atoms with Crippen molar-refractivity contribution in [3.8, 4) is 0 Å². The zero-order chi connectivity index (χ0) is 12.4. The number of aromatic nitrogens is 2. The van der Waals surface area contributed by atoms with Gasteiger partial charge in [0.15, 0.2) is 0 Å². The fraction of sp³-hybridized carbons (Fsp3) is 0.600. The Hall–Kier alpha value is -0.890. The molecule has 6 nitrogen and oxygen atoms in total. The summed E-state index contributed by atoms with van der Waals surface area (Å²) in [5, 5.41) is 18.6. The van der Waals surface area contributed by atoms with Crippen LogP contribution in [0.5, 0.6) is 0 Å². The van der Waals surface area contributed by atoms with Crippen molar-refractivity contribution in [3.63, 3.8) is 0 Å². The van der Waals surface area contributed by atoms with Crippen LogP contribution < -0.4 is 5.69 Å². The number of thioether (sulfide) groups is 1. The van der Waals surface area contributed by atoms with Gasteiger partial charge in [-0.25, -0.2) is 9.78 Å². The number of nitrogens with zero attached hydrogens (tertiary/aromatic N) is 2. The van der Waals surface area contributed by atoms with E-state index in [-0.39, 0.29) is 13.0 Å². The van der Waals surface area contributed by atoms with Crippen molar-refractivity contribution >= 4 is 11.8 Å². The van der Waals surface area contributed by atoms with Gasteiger partial charge < -0.3 is 14.9 Å². The van der Waals surface area contributed by atoms with Gasteiger partial charge in [-0.3, -0.25) is 4.57 Å². The standard InChI is InChI=1S/C10H14N2O4S/c1-17-6-3-11-10(15)12(4-6)9-2-7(14)8(5-13)16-9/h3-4,7-9,13-14H,2,5H2,1H3/t7-,8+,9?/m0/s1. The Morgan fingerprint density at radius 1 is 1.71 bits per heavy atom. The summed E-state index contributed by atoms with van der Waals surface area (Å²) >= 11 is 1.47. The molecular formula is C10H14N2O4S. The molecule has 1 aliphatic rings. The molecule has 1 fully saturated rings. The predicted molar refractivity (Wildman–Crippen MR) is 61.9 cm³/mol. The highest BCUT2D eigenvalue weighted by atomic mass is 32.2. The van der Waals surface area contributed by atoms with Gasteiger partial charge in [-0.2, -0.15) is 0 Å². The first-order chi connectivity index (χ1) is 8.15. The molecule has 0 spiro atoms. The van der Waals surface area contributed by atoms with E-state index in [0.29, 0.717) is 0 Å². The van der Waals surface area contributed by atoms with Crippen LogP contribution in [0.25, 0.3) is 0 Å². The third-order valence-electron chi connectivity index (χ3n) is 2.72. The van der Waals surface area contributed by atoms with Crippen LogP contribution in [-0.4, -0.2) is 44.8 Å². The lowest BCUT2D eigenvalue weighted by Gasteiger charge is -2.14. The van der Waals surface area contributed by atoms with Crippen LogP contribution in [0.3, 0.4) is 0 Å². The maximum atomic E-state index is 11.6. The van der Waals surface area contributed by atoms with Crippen molar-refractivity contribution in [2.45, 2.75) is 29.8 Å². The fourth-order valence-electron chi connectivity index (χ4n) is 1.77. The number of aliphatic hydroxyl groups is 2. The van der Waals surface area contributed by atoms with E-state index in [2.05, 4.69) is 4.98 Å². The summed E-state index contributed by atoms with van der Waals surface area (Å²) in [4.78, 5) is 16.2. The lowest BCUT2D eigenvalue weighted by molar-refractivity contribution is -0.0461. The van der Waals surface area contributed by atoms with E-state index >= 15 is 0 Å². The summed E-state index contributed by atoms with van der Waals surface area (Å²) in [5.41, 5.74) is -0.418. The summed E-state index contributed by atoms with van der Waals surface area (Å²) < 4.78 is 6.75. The Bertz CT molecular complexity index is 450. The van der Waals surface area contributed by atoms with Gasteiger partial charge in [-0.05, 0) is 6.26 Å². The number of hydrogen-bond acceptors (Lipinski definition) is 6. The first-order valence-corrected chi connectivity index (χ1v) is 6.44. The SMILES string of the molecule is CSc1cnc(=O)n(C2C[C@H](O)[C@@H](CO)O2)c1. The van der Waals surface area contributed by atoms with Gasteiger partial charge in [0.2, 0.25) is 0 Å². The maximum absolute atomic E-state index is 11.6. The Labute approximate surface area is 102 Å². The molecule has 2 N–H and O–H groups in total. The molecule has 0 radical (unpaired) electrons. The molecule has 2 rings (SSSR count). The summed E-state index contributed by atoms with van der Waals surface area (Å²) in [6.07, 6.45) is 3.36. The highest BCUT2D eigenvalue weighted by Crippen LogP contribution is 2.27. The van der Waals surface area contributed by atoms with E-state index in [1.54, 1.807) is 6.20 Å². The van der Waals surface area contributed by atoms with Gasteiger partial charge in [0, 0.05) is 23.7 Å². The highest BCUT2D eigenvalue weighted by Gasteiger charge is 2.34. The van der Waals surface area contributed by atoms with Gasteiger partial charge >= 0.3 is 5.69 Å². The molecule has 0 aliphatic carbocycles. The zero-order valence-electron chi connectivity index (χ0n) is 9.31. The molecule has 1 saturated heterocycles. The van der Waals surface area contributed by atoms with E-state index in [4.69, 9.17) is 9.84 Å². The van der Waals surface area contributed by atoms with Crippen LogP contribution in [0.15, 0.2) is 22.1 Å². The normalized spacial score (nSPS) is 28.5. The first-order valence-electron chi connectivity index (χ1n) is 5.22. The molecule has 7 heteroatoms. The minimum absolute atomic E-state index is 0.262. The Morgan fingerprint density at radius 3 is 3.06 bits per heavy atom. The third kappa shape index (κ3) is 2.52. The van der Waals surface area contributed by atoms with Gasteiger partial charge in [0.05, 0.1) is 12.7 Å². The van der Waals surface area contributed by atoms with Crippen molar-refractivity contribution < 1.29 is 14.9 Å². The number of hydrogen-bond donors (Lipinski definition) is 2. The predicted octanol–water partition coefficient (Wildman–Crippen LogP) is -0.394. The molecule has 0 aromatic carbocycles. The van der Waals surface area contributed by atoms with Crippen molar-refractivity contribution in [2.75, 3.05) is 12.9 Å². The second-order valence-corrected chi connectivity index (χ2v) is 4.68. The minimum Gasteiger partial charge on any atom is -0.394 e. The second kappa shape index (κ2) is 5.18. The zero-order valence-corrected chi connectivity index (χ0v) is 10.1. The number of ether oxygens (including phenoxy) is 1. The maximum Gasteiger partial charge on any atom is 0.349 e. The smallest absolute Gasteiger partial charge is 0.349 e. The Balaban J connectivity index is 2.26. The molecule has 3 atom stereocenters. The van der Waals surface area contributed by atoms with Gasteiger partial charge in [-0.15, -0.1) is 11.8 Å². The van der Waals surface area contributed by atoms with E-state index in [1.165, 1.54) is 22.5 Å². The second-order valence-electron chi connectivity index (χ2n) is 3.80. The highest BCUT2D eigenvalue weighted by molar-refractivity contribution is 7.98. The number of aliphatic hydroxyl groups excluding tert-OH is 2. The molecule has 17 heavy (non-hydrogen) atoms. The lowest BCUT2D eigenvalue weighted by Crippen LogP contribution is -2.27. The molecule has 1 aromatic rings. The fourth-order valence-corrected chi connectivity index (χ4v) is 2.15. The Kier molecular flexibility index (Phi) is 3.82. The van der Waals surface area contributed by atoms with Crippen molar-refractivity contribution in [2.24, 2.45) is 0 Å². The third-order valence-corrected chi connectivity index (χ3v) is 3.40. The molecule has 1 unspecified atom stereocenters. The van der Waals surface area contributed by atoms with E-state index in [1.807, 2.05) is 6.26 Å². The van der Waals surface area contributed by atoms with Gasteiger partial charge in [0.1, 0.15) is 12.3 Å². The average Bonchev–Trinajstić information content (AvgIpc) is 2.71. The monoisotopic (exact) mass is 258 g/mol. The summed E-state index contributed by atoms with van der Waals surface area (Å²) in [7, 11) is 0. The molecular weight excluding hydrogens is 244 g/mol. The van der Waals surface area contributed by atoms with E-state index in [9.17, 15) is 9.90 Å². The molecule has 1 aromatic heterocycles. The van der Waals surface area contributed by atoms with Crippen molar-refractivity contribution in [1.82, 2.24) is 9.55 Å². The molecule has 0 bridgehead atoms. The van der Waals surface area contributed by atoms with E-state index < -0.39 is 24.1 Å². The quantitative estimate of drug-likeness (QED) is 0.718. The lowest BCUT2D eigenvalue weighted by atomic mass is 10.2. The number of rotatable bonds is 3. The topological polar surface area (TPSA) is 84.6 Å². The summed E-state index contributed by atoms with van der Waals surface area (Å²) in [6.45, 7) is -0.262. The summed E-state index contributed by atoms with van der Waals surface area (Å²) in [6, 6.07) is 0. The van der Waals surface area contributed by atoms with E-state index in [0.717, 1.165) is 4.90 Å². The minimum atomic E-state index is -0.755.